The summed E-state index contributed by atoms with van der Waals surface area (Å²) in [4.78, 5) is 28.6. The number of hydrogen-bond acceptors (Lipinski definition) is 5. The summed E-state index contributed by atoms with van der Waals surface area (Å²) in [7, 11) is 0. The number of esters is 1. The van der Waals surface area contributed by atoms with Crippen LogP contribution in [0.2, 0.25) is 0 Å². The van der Waals surface area contributed by atoms with Crippen LogP contribution < -0.4 is 9.47 Å². The van der Waals surface area contributed by atoms with Crippen molar-refractivity contribution in [3.05, 3.63) is 93.9 Å². The molecule has 5 nitrogen and oxygen atoms in total. The summed E-state index contributed by atoms with van der Waals surface area (Å²) in [5.41, 5.74) is 1.66. The number of ether oxygens (including phenoxy) is 2. The molecule has 0 aliphatic carbocycles. The van der Waals surface area contributed by atoms with Gasteiger partial charge in [-0.2, -0.15) is 0 Å². The third kappa shape index (κ3) is 3.66. The Balaban J connectivity index is 1.55. The third-order valence-corrected chi connectivity index (χ3v) is 4.46. The highest BCUT2D eigenvalue weighted by Gasteiger charge is 2.28. The minimum Gasteiger partial charge on any atom is -0.452 e. The van der Waals surface area contributed by atoms with Crippen molar-refractivity contribution in [3.8, 4) is 11.5 Å². The fraction of sp³-hybridized carbons (Fsp3) is 0. The summed E-state index contributed by atoms with van der Waals surface area (Å²) in [6.45, 7) is 0. The highest BCUT2D eigenvalue weighted by atomic mass is 79.9. The van der Waals surface area contributed by atoms with Crippen molar-refractivity contribution < 1.29 is 19.1 Å². The predicted molar refractivity (Wildman–Crippen MR) is 103 cm³/mol. The molecule has 2 aromatic carbocycles. The van der Waals surface area contributed by atoms with Gasteiger partial charge in [0.05, 0.1) is 11.1 Å². The van der Waals surface area contributed by atoms with Crippen molar-refractivity contribution in [2.75, 3.05) is 0 Å². The largest absolute Gasteiger partial charge is 0.452 e. The number of ketones is 1. The first-order valence-electron chi connectivity index (χ1n) is 8.06. The molecule has 27 heavy (non-hydrogen) atoms. The number of fused-ring (bicyclic) bond motifs is 1. The first-order chi connectivity index (χ1) is 13.1. The lowest BCUT2D eigenvalue weighted by molar-refractivity contribution is 0.0734. The topological polar surface area (TPSA) is 65.5 Å². The Hall–Kier alpha value is -3.25. The molecule has 0 unspecified atom stereocenters. The zero-order valence-corrected chi connectivity index (χ0v) is 15.5. The molecular weight excluding hydrogens is 410 g/mol. The Morgan fingerprint density at radius 1 is 1.04 bits per heavy atom. The van der Waals surface area contributed by atoms with Gasteiger partial charge in [0, 0.05) is 22.9 Å². The van der Waals surface area contributed by atoms with Crippen LogP contribution in [0, 0.1) is 0 Å². The molecule has 132 valence electrons. The van der Waals surface area contributed by atoms with Gasteiger partial charge in [0.25, 0.3) is 0 Å². The number of carbonyl (C=O) groups is 2. The molecule has 0 fully saturated rings. The van der Waals surface area contributed by atoms with E-state index in [0.717, 1.165) is 10.0 Å². The maximum atomic E-state index is 12.5. The standard InChI is InChI=1S/C21H12BrNO4/c22-15-3-1-14(2-4-15)21(25)26-16-5-6-17-18(12-16)27-19(20(17)24)11-13-7-9-23-10-8-13/h1-12H/b19-11-. The van der Waals surface area contributed by atoms with Crippen LogP contribution in [0.25, 0.3) is 6.08 Å². The molecule has 0 saturated heterocycles. The minimum atomic E-state index is -0.487. The van der Waals surface area contributed by atoms with Crippen molar-refractivity contribution in [1.29, 1.82) is 0 Å². The lowest BCUT2D eigenvalue weighted by Crippen LogP contribution is -2.08. The Morgan fingerprint density at radius 3 is 2.52 bits per heavy atom. The maximum absolute atomic E-state index is 12.5. The fourth-order valence-corrected chi connectivity index (χ4v) is 2.86. The second kappa shape index (κ2) is 7.17. The van der Waals surface area contributed by atoms with Gasteiger partial charge in [-0.25, -0.2) is 4.79 Å². The van der Waals surface area contributed by atoms with Crippen LogP contribution in [0.4, 0.5) is 0 Å². The lowest BCUT2D eigenvalue weighted by Gasteiger charge is -2.05. The van der Waals surface area contributed by atoms with E-state index in [0.29, 0.717) is 22.6 Å². The molecule has 3 aromatic rings. The highest BCUT2D eigenvalue weighted by Crippen LogP contribution is 2.35. The first kappa shape index (κ1) is 17.2. The van der Waals surface area contributed by atoms with Crippen LogP contribution in [-0.2, 0) is 0 Å². The molecule has 6 heteroatoms. The average Bonchev–Trinajstić information content (AvgIpc) is 2.98. The predicted octanol–water partition coefficient (Wildman–Crippen LogP) is 4.68. The van der Waals surface area contributed by atoms with E-state index < -0.39 is 5.97 Å². The Labute approximate surface area is 163 Å². The Morgan fingerprint density at radius 2 is 1.78 bits per heavy atom. The van der Waals surface area contributed by atoms with Gasteiger partial charge in [0.15, 0.2) is 5.76 Å². The van der Waals surface area contributed by atoms with Crippen LogP contribution in [0.15, 0.2) is 77.2 Å². The highest BCUT2D eigenvalue weighted by molar-refractivity contribution is 9.10. The summed E-state index contributed by atoms with van der Waals surface area (Å²) in [6.07, 6.45) is 4.93. The number of benzene rings is 2. The fourth-order valence-electron chi connectivity index (χ4n) is 2.59. The molecule has 4 rings (SSSR count). The van der Waals surface area contributed by atoms with Gasteiger partial charge in [-0.3, -0.25) is 9.78 Å². The summed E-state index contributed by atoms with van der Waals surface area (Å²) in [5.74, 6) is 0.181. The SMILES string of the molecule is O=C(Oc1ccc2c(c1)O/C(=C\c1ccncc1)C2=O)c1ccc(Br)cc1. The van der Waals surface area contributed by atoms with E-state index in [9.17, 15) is 9.59 Å². The van der Waals surface area contributed by atoms with E-state index in [-0.39, 0.29) is 11.5 Å². The molecule has 1 aliphatic heterocycles. The number of Topliss-reactive ketones (excluding diaryl/α,β-unsaturated/α-hetero) is 1. The minimum absolute atomic E-state index is 0.215. The molecule has 1 aliphatic rings. The molecule has 0 amide bonds. The molecule has 0 spiro atoms. The second-order valence-electron chi connectivity index (χ2n) is 5.77. The monoisotopic (exact) mass is 421 g/mol. The van der Waals surface area contributed by atoms with Gasteiger partial charge >= 0.3 is 5.97 Å². The summed E-state index contributed by atoms with van der Waals surface area (Å²) in [5, 5.41) is 0. The number of aromatic nitrogens is 1. The quantitative estimate of drug-likeness (QED) is 0.349. The molecule has 0 bridgehead atoms. The molecule has 0 N–H and O–H groups in total. The third-order valence-electron chi connectivity index (χ3n) is 3.94. The summed E-state index contributed by atoms with van der Waals surface area (Å²) >= 11 is 3.32. The van der Waals surface area contributed by atoms with E-state index in [2.05, 4.69) is 20.9 Å². The molecular formula is C21H12BrNO4. The van der Waals surface area contributed by atoms with Gasteiger partial charge in [-0.15, -0.1) is 0 Å². The van der Waals surface area contributed by atoms with Gasteiger partial charge < -0.3 is 9.47 Å². The van der Waals surface area contributed by atoms with Crippen molar-refractivity contribution in [1.82, 2.24) is 4.98 Å². The van der Waals surface area contributed by atoms with Crippen LogP contribution in [0.3, 0.4) is 0 Å². The smallest absolute Gasteiger partial charge is 0.343 e. The van der Waals surface area contributed by atoms with E-state index in [1.54, 1.807) is 67.0 Å². The summed E-state index contributed by atoms with van der Waals surface area (Å²) < 4.78 is 11.9. The van der Waals surface area contributed by atoms with Crippen molar-refractivity contribution in [2.45, 2.75) is 0 Å². The second-order valence-corrected chi connectivity index (χ2v) is 6.69. The van der Waals surface area contributed by atoms with E-state index in [4.69, 9.17) is 9.47 Å². The van der Waals surface area contributed by atoms with Gasteiger partial charge in [0.1, 0.15) is 11.5 Å². The number of hydrogen-bond donors (Lipinski definition) is 0. The molecule has 2 heterocycles. The van der Waals surface area contributed by atoms with Gasteiger partial charge in [0.2, 0.25) is 5.78 Å². The number of allylic oxidation sites excluding steroid dienone is 1. The number of halogens is 1. The normalized spacial score (nSPS) is 14.0. The Bertz CT molecular complexity index is 1060. The lowest BCUT2D eigenvalue weighted by atomic mass is 10.1. The van der Waals surface area contributed by atoms with Crippen LogP contribution >= 0.6 is 15.9 Å². The van der Waals surface area contributed by atoms with Crippen LogP contribution in [0.5, 0.6) is 11.5 Å². The van der Waals surface area contributed by atoms with E-state index in [1.807, 2.05) is 0 Å². The molecule has 1 aromatic heterocycles. The number of rotatable bonds is 3. The van der Waals surface area contributed by atoms with Crippen LogP contribution in [-0.4, -0.2) is 16.7 Å². The van der Waals surface area contributed by atoms with Crippen molar-refractivity contribution in [3.63, 3.8) is 0 Å². The van der Waals surface area contributed by atoms with Gasteiger partial charge in [-0.1, -0.05) is 15.9 Å². The van der Waals surface area contributed by atoms with E-state index in [1.165, 1.54) is 6.07 Å². The number of nitrogens with zero attached hydrogens (tertiary/aromatic N) is 1. The zero-order valence-electron chi connectivity index (χ0n) is 13.9. The van der Waals surface area contributed by atoms with Crippen LogP contribution in [0.1, 0.15) is 26.3 Å². The number of pyridine rings is 1. The number of carbonyl (C=O) groups excluding carboxylic acids is 2. The summed E-state index contributed by atoms with van der Waals surface area (Å²) in [6, 6.07) is 15.1. The average molecular weight is 422 g/mol. The van der Waals surface area contributed by atoms with Crippen molar-refractivity contribution >= 4 is 33.8 Å². The maximum Gasteiger partial charge on any atom is 0.343 e. The van der Waals surface area contributed by atoms with E-state index >= 15 is 0 Å². The molecule has 0 saturated carbocycles. The molecule has 0 radical (unpaired) electrons. The van der Waals surface area contributed by atoms with Crippen molar-refractivity contribution in [2.24, 2.45) is 0 Å². The first-order valence-corrected chi connectivity index (χ1v) is 8.85. The Kier molecular flexibility index (Phi) is 4.56. The zero-order chi connectivity index (χ0) is 18.8. The van der Waals surface area contributed by atoms with Gasteiger partial charge in [-0.05, 0) is 60.2 Å². The molecule has 0 atom stereocenters.